The average molecular weight is 741 g/mol. The van der Waals surface area contributed by atoms with Crippen LogP contribution in [-0.2, 0) is 20.9 Å². The Morgan fingerprint density at radius 3 is 2.44 bits per heavy atom. The van der Waals surface area contributed by atoms with Gasteiger partial charge in [0.1, 0.15) is 16.3 Å². The van der Waals surface area contributed by atoms with Crippen molar-refractivity contribution in [1.82, 2.24) is 4.57 Å². The second kappa shape index (κ2) is 13.0. The van der Waals surface area contributed by atoms with Crippen LogP contribution < -0.4 is 24.5 Å². The van der Waals surface area contributed by atoms with Gasteiger partial charge in [0.2, 0.25) is 0 Å². The molecule has 0 aliphatic carbocycles. The number of para-hydroxylation sites is 1. The Labute approximate surface area is 293 Å². The Kier molecular flexibility index (Phi) is 8.63. The first kappa shape index (κ1) is 31.8. The molecular formula is C37H27BrClN3O5S. The number of hydrogen-bond donors (Lipinski definition) is 0. The van der Waals surface area contributed by atoms with Gasteiger partial charge in [-0.05, 0) is 48.9 Å². The second-order valence-electron chi connectivity index (χ2n) is 11.0. The molecule has 0 spiro atoms. The van der Waals surface area contributed by atoms with E-state index in [0.717, 1.165) is 21.4 Å². The topological polar surface area (TPSA) is 90.2 Å². The predicted molar refractivity (Wildman–Crippen MR) is 190 cm³/mol. The van der Waals surface area contributed by atoms with Gasteiger partial charge in [-0.1, -0.05) is 99.5 Å². The summed E-state index contributed by atoms with van der Waals surface area (Å²) in [6, 6.07) is 28.5. The molecule has 0 N–H and O–H groups in total. The molecule has 0 bridgehead atoms. The Bertz CT molecular complexity index is 2320. The summed E-state index contributed by atoms with van der Waals surface area (Å²) in [5, 5.41) is 0.599. The van der Waals surface area contributed by atoms with E-state index in [0.29, 0.717) is 43.6 Å². The highest BCUT2D eigenvalue weighted by molar-refractivity contribution is 9.10. The number of ether oxygens (including phenoxy) is 2. The fourth-order valence-corrected chi connectivity index (χ4v) is 7.73. The highest BCUT2D eigenvalue weighted by Crippen LogP contribution is 2.41. The number of aromatic nitrogens is 1. The minimum atomic E-state index is -0.978. The number of amides is 1. The molecule has 48 heavy (non-hydrogen) atoms. The molecule has 2 aliphatic rings. The molecule has 4 aromatic carbocycles. The van der Waals surface area contributed by atoms with Crippen LogP contribution in [0.3, 0.4) is 0 Å². The summed E-state index contributed by atoms with van der Waals surface area (Å²) < 4.78 is 13.8. The minimum absolute atomic E-state index is 0.121. The molecule has 3 heterocycles. The smallest absolute Gasteiger partial charge is 0.338 e. The summed E-state index contributed by atoms with van der Waals surface area (Å²) in [5.74, 6) is -0.448. The number of carbonyl (C=O) groups is 2. The molecule has 0 saturated carbocycles. The lowest BCUT2D eigenvalue weighted by Gasteiger charge is -2.27. The zero-order chi connectivity index (χ0) is 33.5. The van der Waals surface area contributed by atoms with E-state index in [1.807, 2.05) is 78.9 Å². The van der Waals surface area contributed by atoms with Crippen molar-refractivity contribution < 1.29 is 19.1 Å². The molecule has 1 amide bonds. The molecular weight excluding hydrogens is 714 g/mol. The van der Waals surface area contributed by atoms with E-state index >= 15 is 0 Å². The summed E-state index contributed by atoms with van der Waals surface area (Å²) in [5.41, 5.74) is 3.85. The van der Waals surface area contributed by atoms with Crippen molar-refractivity contribution in [2.45, 2.75) is 19.5 Å². The molecule has 5 aromatic rings. The summed E-state index contributed by atoms with van der Waals surface area (Å²) in [6.07, 6.45) is 0. The molecule has 7 rings (SSSR count). The molecule has 0 fully saturated rings. The zero-order valence-corrected chi connectivity index (χ0v) is 28.9. The monoisotopic (exact) mass is 739 g/mol. The maximum Gasteiger partial charge on any atom is 0.338 e. The van der Waals surface area contributed by atoms with Gasteiger partial charge in [-0.3, -0.25) is 14.2 Å². The van der Waals surface area contributed by atoms with Gasteiger partial charge in [-0.2, -0.15) is 0 Å². The van der Waals surface area contributed by atoms with Gasteiger partial charge in [0, 0.05) is 26.2 Å². The van der Waals surface area contributed by atoms with Crippen LogP contribution in [0.1, 0.15) is 35.2 Å². The Morgan fingerprint density at radius 2 is 1.71 bits per heavy atom. The van der Waals surface area contributed by atoms with Crippen LogP contribution in [0.15, 0.2) is 117 Å². The largest absolute Gasteiger partial charge is 0.496 e. The first-order valence-electron chi connectivity index (χ1n) is 15.1. The van der Waals surface area contributed by atoms with E-state index in [9.17, 15) is 14.4 Å². The molecule has 2 aliphatic heterocycles. The fourth-order valence-electron chi connectivity index (χ4n) is 6.13. The molecule has 1 aromatic heterocycles. The molecule has 0 unspecified atom stereocenters. The van der Waals surface area contributed by atoms with Crippen LogP contribution in [0.4, 0.5) is 5.69 Å². The second-order valence-corrected chi connectivity index (χ2v) is 13.4. The number of carbonyl (C=O) groups excluding carboxylic acids is 2. The maximum absolute atomic E-state index is 14.8. The van der Waals surface area contributed by atoms with E-state index in [-0.39, 0.29) is 34.7 Å². The molecule has 240 valence electrons. The summed E-state index contributed by atoms with van der Waals surface area (Å²) >= 11 is 10.8. The number of benzene rings is 4. The van der Waals surface area contributed by atoms with Crippen molar-refractivity contribution in [3.05, 3.63) is 154 Å². The van der Waals surface area contributed by atoms with Gasteiger partial charge in [0.05, 0.1) is 42.8 Å². The highest BCUT2D eigenvalue weighted by atomic mass is 79.9. The third-order valence-electron chi connectivity index (χ3n) is 8.24. The SMILES string of the molecule is CCOC(=O)C1=C(c2ccccc2)N=c2s/c(=C3\C(=O)N(Cc4ccc(Cl)cc4)c4ccccc43)c(=O)n2[C@@H]1c1cc(Br)ccc1OC. The first-order chi connectivity index (χ1) is 23.3. The van der Waals surface area contributed by atoms with Crippen molar-refractivity contribution in [2.75, 3.05) is 18.6 Å². The van der Waals surface area contributed by atoms with Crippen LogP contribution in [0.2, 0.25) is 5.02 Å². The van der Waals surface area contributed by atoms with Crippen LogP contribution in [0.25, 0.3) is 11.3 Å². The molecule has 0 saturated heterocycles. The predicted octanol–water partition coefficient (Wildman–Crippen LogP) is 6.28. The Balaban J connectivity index is 1.52. The van der Waals surface area contributed by atoms with Crippen molar-refractivity contribution in [3.63, 3.8) is 0 Å². The van der Waals surface area contributed by atoms with Crippen molar-refractivity contribution >= 4 is 67.7 Å². The van der Waals surface area contributed by atoms with E-state index < -0.39 is 17.6 Å². The number of rotatable bonds is 7. The number of methoxy groups -OCH3 is 1. The third-order valence-corrected chi connectivity index (χ3v) is 10.0. The zero-order valence-electron chi connectivity index (χ0n) is 25.8. The lowest BCUT2D eigenvalue weighted by atomic mass is 9.92. The third kappa shape index (κ3) is 5.49. The summed E-state index contributed by atoms with van der Waals surface area (Å²) in [7, 11) is 1.54. The normalized spacial score (nSPS) is 16.4. The molecule has 1 atom stereocenters. The molecule has 0 radical (unpaired) electrons. The number of esters is 1. The van der Waals surface area contributed by atoms with Crippen LogP contribution in [0, 0.1) is 0 Å². The average Bonchev–Trinajstić information content (AvgIpc) is 3.57. The van der Waals surface area contributed by atoms with Crippen LogP contribution in [-0.4, -0.2) is 30.2 Å². The molecule has 11 heteroatoms. The van der Waals surface area contributed by atoms with Crippen LogP contribution in [0.5, 0.6) is 5.75 Å². The fraction of sp³-hybridized carbons (Fsp3) is 0.135. The minimum Gasteiger partial charge on any atom is -0.496 e. The quantitative estimate of drug-likeness (QED) is 0.184. The summed E-state index contributed by atoms with van der Waals surface area (Å²) in [4.78, 5) is 49.9. The number of halogens is 2. The van der Waals surface area contributed by atoms with Crippen molar-refractivity contribution in [3.8, 4) is 5.75 Å². The van der Waals surface area contributed by atoms with Gasteiger partial charge in [-0.15, -0.1) is 0 Å². The standard InChI is InChI=1S/C37H27BrClN3O5S/c1-3-47-36(45)30-31(22-9-5-4-6-10-22)40-37-42(32(30)26-19-23(38)15-18-28(26)46-2)35(44)33(48-37)29-25-11-7-8-12-27(25)41(34(29)43)20-21-13-16-24(39)17-14-21/h4-19,32H,3,20H2,1-2H3/b33-29-/t32-/m1/s1. The molecule has 8 nitrogen and oxygen atoms in total. The lowest BCUT2D eigenvalue weighted by Crippen LogP contribution is -2.41. The first-order valence-corrected chi connectivity index (χ1v) is 17.1. The number of fused-ring (bicyclic) bond motifs is 2. The van der Waals surface area contributed by atoms with E-state index in [1.165, 1.54) is 11.7 Å². The number of anilines is 1. The van der Waals surface area contributed by atoms with Gasteiger partial charge in [-0.25, -0.2) is 9.79 Å². The number of nitrogens with zero attached hydrogens (tertiary/aromatic N) is 3. The van der Waals surface area contributed by atoms with E-state index in [4.69, 9.17) is 26.1 Å². The highest BCUT2D eigenvalue weighted by Gasteiger charge is 2.39. The Morgan fingerprint density at radius 1 is 0.979 bits per heavy atom. The number of hydrogen-bond acceptors (Lipinski definition) is 7. The van der Waals surface area contributed by atoms with E-state index in [1.54, 1.807) is 30.0 Å². The van der Waals surface area contributed by atoms with Gasteiger partial charge >= 0.3 is 5.97 Å². The Hall–Kier alpha value is -4.77. The summed E-state index contributed by atoms with van der Waals surface area (Å²) in [6.45, 7) is 2.14. The van der Waals surface area contributed by atoms with Gasteiger partial charge in [0.25, 0.3) is 11.5 Å². The van der Waals surface area contributed by atoms with Crippen molar-refractivity contribution in [2.24, 2.45) is 4.99 Å². The van der Waals surface area contributed by atoms with E-state index in [2.05, 4.69) is 15.9 Å². The van der Waals surface area contributed by atoms with Crippen LogP contribution >= 0.6 is 38.9 Å². The van der Waals surface area contributed by atoms with Gasteiger partial charge < -0.3 is 14.4 Å². The lowest BCUT2D eigenvalue weighted by molar-refractivity contribution is -0.138. The van der Waals surface area contributed by atoms with Gasteiger partial charge in [0.15, 0.2) is 4.80 Å². The maximum atomic E-state index is 14.8. The number of thiazole rings is 1. The van der Waals surface area contributed by atoms with Crippen molar-refractivity contribution in [1.29, 1.82) is 0 Å².